The fraction of sp³-hybridized carbons (Fsp3) is 0.526. The van der Waals surface area contributed by atoms with E-state index in [0.29, 0.717) is 5.02 Å². The molecule has 28 heavy (non-hydrogen) atoms. The summed E-state index contributed by atoms with van der Waals surface area (Å²) in [5.74, 6) is -1.77. The molecule has 0 spiro atoms. The van der Waals surface area contributed by atoms with Crippen LogP contribution in [0.5, 0.6) is 0 Å². The van der Waals surface area contributed by atoms with Crippen molar-refractivity contribution in [2.45, 2.75) is 45.1 Å². The molecule has 1 aliphatic carbocycles. The number of pyridine rings is 1. The number of amides is 3. The van der Waals surface area contributed by atoms with E-state index in [0.717, 1.165) is 25.7 Å². The number of nitrogens with one attached hydrogen (secondary N) is 1. The third kappa shape index (κ3) is 4.49. The van der Waals surface area contributed by atoms with Gasteiger partial charge in [0, 0.05) is 12.7 Å². The minimum absolute atomic E-state index is 0.0173. The number of carbonyl (C=O) groups is 4. The van der Waals surface area contributed by atoms with E-state index in [-0.39, 0.29) is 42.4 Å². The van der Waals surface area contributed by atoms with Crippen LogP contribution in [-0.2, 0) is 23.9 Å². The Bertz CT molecular complexity index is 758. The molecule has 3 rings (SSSR count). The number of likely N-dealkylation sites (tertiary alicyclic amines) is 1. The number of ether oxygens (including phenoxy) is 1. The first-order chi connectivity index (χ1) is 13.4. The highest BCUT2D eigenvalue weighted by atomic mass is 35.5. The van der Waals surface area contributed by atoms with Crippen LogP contribution in [0, 0.1) is 11.8 Å². The van der Waals surface area contributed by atoms with Crippen LogP contribution in [0.4, 0.5) is 5.82 Å². The molecule has 3 atom stereocenters. The molecule has 2 aliphatic rings. The van der Waals surface area contributed by atoms with Crippen LogP contribution < -0.4 is 5.32 Å². The molecule has 1 aromatic rings. The molecule has 1 saturated carbocycles. The molecule has 1 aromatic heterocycles. The summed E-state index contributed by atoms with van der Waals surface area (Å²) in [6.07, 6.45) is 3.55. The second-order valence-corrected chi connectivity index (χ2v) is 7.49. The number of esters is 1. The van der Waals surface area contributed by atoms with Gasteiger partial charge in [-0.05, 0) is 31.9 Å². The first-order valence-corrected chi connectivity index (χ1v) is 9.71. The van der Waals surface area contributed by atoms with Gasteiger partial charge in [0.2, 0.25) is 11.8 Å². The summed E-state index contributed by atoms with van der Waals surface area (Å²) in [5.41, 5.74) is 0. The summed E-state index contributed by atoms with van der Waals surface area (Å²) >= 11 is 5.73. The Hall–Kier alpha value is -2.48. The van der Waals surface area contributed by atoms with Gasteiger partial charge >= 0.3 is 5.97 Å². The van der Waals surface area contributed by atoms with Crippen molar-refractivity contribution < 1.29 is 23.9 Å². The quantitative estimate of drug-likeness (QED) is 0.572. The molecule has 1 saturated heterocycles. The smallest absolute Gasteiger partial charge is 0.308 e. The van der Waals surface area contributed by atoms with Gasteiger partial charge < -0.3 is 10.1 Å². The zero-order valence-electron chi connectivity index (χ0n) is 15.5. The summed E-state index contributed by atoms with van der Waals surface area (Å²) in [7, 11) is 0. The predicted octanol–water partition coefficient (Wildman–Crippen LogP) is 2.17. The lowest BCUT2D eigenvalue weighted by molar-refractivity contribution is -0.154. The fourth-order valence-corrected chi connectivity index (χ4v) is 3.75. The molecule has 0 radical (unpaired) electrons. The van der Waals surface area contributed by atoms with Gasteiger partial charge in [-0.3, -0.25) is 24.1 Å². The van der Waals surface area contributed by atoms with Gasteiger partial charge in [0.15, 0.2) is 6.10 Å². The molecule has 2 heterocycles. The summed E-state index contributed by atoms with van der Waals surface area (Å²) in [4.78, 5) is 54.0. The van der Waals surface area contributed by atoms with E-state index in [1.54, 1.807) is 6.07 Å². The van der Waals surface area contributed by atoms with Crippen molar-refractivity contribution in [1.29, 1.82) is 0 Å². The molecule has 1 aliphatic heterocycles. The second-order valence-electron chi connectivity index (χ2n) is 7.06. The summed E-state index contributed by atoms with van der Waals surface area (Å²) in [5, 5.41) is 2.95. The van der Waals surface area contributed by atoms with E-state index < -0.39 is 18.0 Å². The zero-order valence-corrected chi connectivity index (χ0v) is 16.3. The molecule has 9 heteroatoms. The van der Waals surface area contributed by atoms with Gasteiger partial charge in [-0.1, -0.05) is 24.4 Å². The number of imide groups is 1. The topological polar surface area (TPSA) is 106 Å². The maximum atomic E-state index is 12.4. The van der Waals surface area contributed by atoms with Crippen molar-refractivity contribution in [2.75, 3.05) is 11.9 Å². The van der Waals surface area contributed by atoms with E-state index in [1.165, 1.54) is 24.1 Å². The van der Waals surface area contributed by atoms with Crippen molar-refractivity contribution in [3.05, 3.63) is 23.4 Å². The number of anilines is 1. The Morgan fingerprint density at radius 2 is 1.89 bits per heavy atom. The monoisotopic (exact) mass is 407 g/mol. The number of halogens is 1. The largest absolute Gasteiger partial charge is 0.452 e. The molecule has 0 aromatic carbocycles. The van der Waals surface area contributed by atoms with Crippen LogP contribution in [0.15, 0.2) is 18.3 Å². The van der Waals surface area contributed by atoms with E-state index >= 15 is 0 Å². The Morgan fingerprint density at radius 1 is 1.25 bits per heavy atom. The van der Waals surface area contributed by atoms with Crippen molar-refractivity contribution in [1.82, 2.24) is 9.88 Å². The average molecular weight is 408 g/mol. The first kappa shape index (κ1) is 20.3. The van der Waals surface area contributed by atoms with Crippen LogP contribution in [0.1, 0.15) is 39.0 Å². The van der Waals surface area contributed by atoms with Crippen molar-refractivity contribution in [2.24, 2.45) is 11.8 Å². The number of rotatable bonds is 6. The number of fused-ring (bicyclic) bond motifs is 1. The molecular formula is C19H22ClN3O5. The molecule has 0 bridgehead atoms. The van der Waals surface area contributed by atoms with Crippen LogP contribution in [0.2, 0.25) is 5.02 Å². The lowest BCUT2D eigenvalue weighted by Crippen LogP contribution is -2.35. The standard InChI is InChI=1S/C19H22ClN3O5/c1-11(17(25)22-15-7-6-12(20)10-21-15)28-16(24)8-9-23-18(26)13-4-2-3-5-14(13)19(23)27/h6-7,10-11,13-14H,2-5,8-9H2,1H3,(H,21,22,25)/t11-,13+,14+/m1/s1. The van der Waals surface area contributed by atoms with Crippen LogP contribution in [0.25, 0.3) is 0 Å². The van der Waals surface area contributed by atoms with Gasteiger partial charge in [0.25, 0.3) is 5.91 Å². The number of hydrogen-bond acceptors (Lipinski definition) is 6. The summed E-state index contributed by atoms with van der Waals surface area (Å²) in [6.45, 7) is 1.42. The van der Waals surface area contributed by atoms with Gasteiger partial charge in [0.1, 0.15) is 5.82 Å². The van der Waals surface area contributed by atoms with E-state index in [1.807, 2.05) is 0 Å². The maximum Gasteiger partial charge on any atom is 0.308 e. The molecule has 1 N–H and O–H groups in total. The van der Waals surface area contributed by atoms with Crippen LogP contribution in [0.3, 0.4) is 0 Å². The third-order valence-electron chi connectivity index (χ3n) is 5.13. The molecule has 150 valence electrons. The Kier molecular flexibility index (Phi) is 6.28. The van der Waals surface area contributed by atoms with Crippen molar-refractivity contribution in [3.63, 3.8) is 0 Å². The zero-order chi connectivity index (χ0) is 20.3. The number of carbonyl (C=O) groups excluding carboxylic acids is 4. The summed E-state index contributed by atoms with van der Waals surface area (Å²) < 4.78 is 5.10. The van der Waals surface area contributed by atoms with Gasteiger partial charge in [-0.2, -0.15) is 0 Å². The molecular weight excluding hydrogens is 386 g/mol. The maximum absolute atomic E-state index is 12.4. The lowest BCUT2D eigenvalue weighted by atomic mass is 9.81. The lowest BCUT2D eigenvalue weighted by Gasteiger charge is -2.19. The van der Waals surface area contributed by atoms with Gasteiger partial charge in [-0.15, -0.1) is 0 Å². The number of hydrogen-bond donors (Lipinski definition) is 1. The SMILES string of the molecule is C[C@@H](OC(=O)CCN1C(=O)[C@H]2CCCC[C@@H]2C1=O)C(=O)Nc1ccc(Cl)cn1. The highest BCUT2D eigenvalue weighted by Gasteiger charge is 2.47. The minimum Gasteiger partial charge on any atom is -0.452 e. The fourth-order valence-electron chi connectivity index (χ4n) is 3.64. The molecule has 3 amide bonds. The highest BCUT2D eigenvalue weighted by molar-refractivity contribution is 6.30. The van der Waals surface area contributed by atoms with Crippen LogP contribution in [-0.4, -0.2) is 46.2 Å². The van der Waals surface area contributed by atoms with Crippen molar-refractivity contribution >= 4 is 41.1 Å². The van der Waals surface area contributed by atoms with E-state index in [9.17, 15) is 19.2 Å². The Balaban J connectivity index is 1.47. The minimum atomic E-state index is -1.04. The summed E-state index contributed by atoms with van der Waals surface area (Å²) in [6, 6.07) is 3.10. The molecule has 2 fully saturated rings. The third-order valence-corrected chi connectivity index (χ3v) is 5.35. The first-order valence-electron chi connectivity index (χ1n) is 9.34. The van der Waals surface area contributed by atoms with Crippen LogP contribution >= 0.6 is 11.6 Å². The Morgan fingerprint density at radius 3 is 2.46 bits per heavy atom. The molecule has 0 unspecified atom stereocenters. The number of aromatic nitrogens is 1. The van der Waals surface area contributed by atoms with E-state index in [4.69, 9.17) is 16.3 Å². The van der Waals surface area contributed by atoms with Gasteiger partial charge in [-0.25, -0.2) is 4.98 Å². The second kappa shape index (κ2) is 8.68. The number of nitrogens with zero attached hydrogens (tertiary/aromatic N) is 2. The van der Waals surface area contributed by atoms with Crippen molar-refractivity contribution in [3.8, 4) is 0 Å². The predicted molar refractivity (Wildman–Crippen MR) is 100 cm³/mol. The van der Waals surface area contributed by atoms with E-state index in [2.05, 4.69) is 10.3 Å². The normalized spacial score (nSPS) is 22.6. The molecule has 8 nitrogen and oxygen atoms in total. The highest BCUT2D eigenvalue weighted by Crippen LogP contribution is 2.37. The Labute approximate surface area is 167 Å². The average Bonchev–Trinajstić information content (AvgIpc) is 2.92. The van der Waals surface area contributed by atoms with Gasteiger partial charge in [0.05, 0.1) is 23.3 Å².